The average Bonchev–Trinajstić information content (AvgIpc) is 2.48. The summed E-state index contributed by atoms with van der Waals surface area (Å²) in [6.45, 7) is -0.465. The molecule has 1 heterocycles. The molecule has 14 heavy (non-hydrogen) atoms. The highest BCUT2D eigenvalue weighted by Gasteiger charge is 2.31. The number of aliphatic hydroxyl groups excluding tert-OH is 1. The molecule has 3 N–H and O–H groups in total. The first-order valence-corrected chi connectivity index (χ1v) is 3.68. The minimum atomic E-state index is -4.38. The van der Waals surface area contributed by atoms with Gasteiger partial charge in [0.2, 0.25) is 5.89 Å². The lowest BCUT2D eigenvalue weighted by molar-refractivity contribution is -0.128. The van der Waals surface area contributed by atoms with Gasteiger partial charge in [-0.15, -0.1) is 0 Å². The van der Waals surface area contributed by atoms with Gasteiger partial charge in [-0.2, -0.15) is 18.2 Å². The van der Waals surface area contributed by atoms with E-state index >= 15 is 0 Å². The van der Waals surface area contributed by atoms with Crippen LogP contribution in [0.25, 0.3) is 0 Å². The molecule has 0 aliphatic heterocycles. The summed E-state index contributed by atoms with van der Waals surface area (Å²) in [4.78, 5) is 3.38. The fourth-order valence-corrected chi connectivity index (χ4v) is 0.747. The predicted octanol–water partition coefficient (Wildman–Crippen LogP) is 0.167. The molecule has 0 saturated carbocycles. The molecule has 0 aliphatic rings. The molecule has 0 amide bonds. The van der Waals surface area contributed by atoms with Gasteiger partial charge in [-0.25, -0.2) is 0 Å². The Bertz CT molecular complexity index is 299. The Morgan fingerprint density at radius 2 is 2.14 bits per heavy atom. The van der Waals surface area contributed by atoms with Crippen molar-refractivity contribution in [2.45, 2.75) is 18.6 Å². The second kappa shape index (κ2) is 3.93. The first-order valence-electron chi connectivity index (χ1n) is 3.68. The van der Waals surface area contributed by atoms with E-state index in [1.165, 1.54) is 0 Å². The van der Waals surface area contributed by atoms with Crippen LogP contribution in [0.4, 0.5) is 13.2 Å². The van der Waals surface area contributed by atoms with E-state index in [-0.39, 0.29) is 5.89 Å². The number of halogens is 3. The van der Waals surface area contributed by atoms with Crippen LogP contribution in [0.5, 0.6) is 0 Å². The van der Waals surface area contributed by atoms with Crippen molar-refractivity contribution in [2.24, 2.45) is 5.73 Å². The van der Waals surface area contributed by atoms with Crippen LogP contribution in [0.2, 0.25) is 0 Å². The Labute approximate surface area is 76.7 Å². The standard InChI is InChI=1S/C6H8F3N3O2/c7-6(8,9)1-4-11-5(14-12-4)3(10)2-13/h3,13H,1-2,10H2. The summed E-state index contributed by atoms with van der Waals surface area (Å²) in [5.74, 6) is -0.692. The van der Waals surface area contributed by atoms with Gasteiger partial charge in [0, 0.05) is 0 Å². The highest BCUT2D eigenvalue weighted by Crippen LogP contribution is 2.20. The van der Waals surface area contributed by atoms with Gasteiger partial charge in [0.15, 0.2) is 5.82 Å². The summed E-state index contributed by atoms with van der Waals surface area (Å²) in [6.07, 6.45) is -5.65. The largest absolute Gasteiger partial charge is 0.396 e. The Hall–Kier alpha value is -1.15. The number of hydrogen-bond acceptors (Lipinski definition) is 5. The van der Waals surface area contributed by atoms with E-state index in [0.29, 0.717) is 0 Å². The smallest absolute Gasteiger partial charge is 0.394 e. The van der Waals surface area contributed by atoms with E-state index in [2.05, 4.69) is 14.7 Å². The SMILES string of the molecule is NC(CO)c1nc(CC(F)(F)F)no1. The van der Waals surface area contributed by atoms with Crippen LogP contribution in [-0.2, 0) is 6.42 Å². The number of nitrogens with zero attached hydrogens (tertiary/aromatic N) is 2. The molecule has 0 aliphatic carbocycles. The van der Waals surface area contributed by atoms with Crippen LogP contribution in [0.1, 0.15) is 17.8 Å². The van der Waals surface area contributed by atoms with Gasteiger partial charge in [0.1, 0.15) is 12.5 Å². The fraction of sp³-hybridized carbons (Fsp3) is 0.667. The molecule has 0 spiro atoms. The van der Waals surface area contributed by atoms with Crippen molar-refractivity contribution >= 4 is 0 Å². The number of rotatable bonds is 3. The van der Waals surface area contributed by atoms with Crippen LogP contribution in [0.15, 0.2) is 4.52 Å². The lowest BCUT2D eigenvalue weighted by atomic mass is 10.3. The van der Waals surface area contributed by atoms with Crippen molar-refractivity contribution in [1.29, 1.82) is 0 Å². The second-order valence-electron chi connectivity index (χ2n) is 2.63. The van der Waals surface area contributed by atoms with E-state index in [9.17, 15) is 13.2 Å². The first kappa shape index (κ1) is 10.9. The summed E-state index contributed by atoms with van der Waals surface area (Å²) < 4.78 is 39.9. The lowest BCUT2D eigenvalue weighted by Gasteiger charge is -2.00. The summed E-state index contributed by atoms with van der Waals surface area (Å²) in [6, 6.07) is -0.940. The quantitative estimate of drug-likeness (QED) is 0.744. The van der Waals surface area contributed by atoms with Crippen molar-refractivity contribution in [2.75, 3.05) is 6.61 Å². The number of alkyl halides is 3. The highest BCUT2D eigenvalue weighted by molar-refractivity contribution is 4.92. The van der Waals surface area contributed by atoms with Crippen LogP contribution in [0.3, 0.4) is 0 Å². The normalized spacial score (nSPS) is 14.4. The number of aliphatic hydroxyl groups is 1. The van der Waals surface area contributed by atoms with Gasteiger partial charge in [-0.3, -0.25) is 0 Å². The van der Waals surface area contributed by atoms with Crippen LogP contribution < -0.4 is 5.73 Å². The maximum Gasteiger partial charge on any atom is 0.396 e. The Morgan fingerprint density at radius 3 is 2.64 bits per heavy atom. The zero-order chi connectivity index (χ0) is 10.8. The van der Waals surface area contributed by atoms with Gasteiger partial charge >= 0.3 is 6.18 Å². The van der Waals surface area contributed by atoms with E-state index in [4.69, 9.17) is 10.8 Å². The topological polar surface area (TPSA) is 85.2 Å². The summed E-state index contributed by atoms with van der Waals surface area (Å²) in [5, 5.41) is 11.6. The van der Waals surface area contributed by atoms with E-state index in [1.807, 2.05) is 0 Å². The van der Waals surface area contributed by atoms with Crippen molar-refractivity contribution in [1.82, 2.24) is 10.1 Å². The third kappa shape index (κ3) is 2.96. The summed E-state index contributed by atoms with van der Waals surface area (Å²) >= 11 is 0. The summed E-state index contributed by atoms with van der Waals surface area (Å²) in [5.41, 5.74) is 5.24. The third-order valence-corrected chi connectivity index (χ3v) is 1.36. The zero-order valence-electron chi connectivity index (χ0n) is 6.95. The van der Waals surface area contributed by atoms with E-state index in [0.717, 1.165) is 0 Å². The molecule has 0 radical (unpaired) electrons. The van der Waals surface area contributed by atoms with Crippen molar-refractivity contribution in [3.8, 4) is 0 Å². The maximum absolute atomic E-state index is 11.8. The molecule has 8 heteroatoms. The van der Waals surface area contributed by atoms with E-state index < -0.39 is 31.1 Å². The van der Waals surface area contributed by atoms with Gasteiger partial charge in [0.05, 0.1) is 6.61 Å². The molecular formula is C6H8F3N3O2. The minimum absolute atomic E-state index is 0.202. The number of hydrogen-bond donors (Lipinski definition) is 2. The fourth-order valence-electron chi connectivity index (χ4n) is 0.747. The van der Waals surface area contributed by atoms with Gasteiger partial charge in [-0.1, -0.05) is 5.16 Å². The molecule has 1 unspecified atom stereocenters. The first-order chi connectivity index (χ1) is 6.42. The van der Waals surface area contributed by atoms with Gasteiger partial charge < -0.3 is 15.4 Å². The van der Waals surface area contributed by atoms with Crippen LogP contribution >= 0.6 is 0 Å². The highest BCUT2D eigenvalue weighted by atomic mass is 19.4. The molecule has 0 bridgehead atoms. The number of nitrogens with two attached hydrogens (primary N) is 1. The summed E-state index contributed by atoms with van der Waals surface area (Å²) in [7, 11) is 0. The van der Waals surface area contributed by atoms with E-state index in [1.54, 1.807) is 0 Å². The molecule has 0 aromatic carbocycles. The van der Waals surface area contributed by atoms with Crippen molar-refractivity contribution < 1.29 is 22.8 Å². The molecule has 1 aromatic rings. The minimum Gasteiger partial charge on any atom is -0.394 e. The Morgan fingerprint density at radius 1 is 1.50 bits per heavy atom. The van der Waals surface area contributed by atoms with Gasteiger partial charge in [-0.05, 0) is 0 Å². The molecule has 1 atom stereocenters. The molecule has 80 valence electrons. The third-order valence-electron chi connectivity index (χ3n) is 1.36. The molecule has 0 saturated heterocycles. The van der Waals surface area contributed by atoms with Crippen LogP contribution in [0, 0.1) is 0 Å². The second-order valence-corrected chi connectivity index (χ2v) is 2.63. The molecule has 1 aromatic heterocycles. The monoisotopic (exact) mass is 211 g/mol. The average molecular weight is 211 g/mol. The molecule has 5 nitrogen and oxygen atoms in total. The zero-order valence-corrected chi connectivity index (χ0v) is 6.95. The van der Waals surface area contributed by atoms with Crippen molar-refractivity contribution in [3.63, 3.8) is 0 Å². The van der Waals surface area contributed by atoms with Gasteiger partial charge in [0.25, 0.3) is 0 Å². The maximum atomic E-state index is 11.8. The predicted molar refractivity (Wildman–Crippen MR) is 38.1 cm³/mol. The Kier molecular flexibility index (Phi) is 3.06. The Balaban J connectivity index is 2.69. The number of aromatic nitrogens is 2. The molecular weight excluding hydrogens is 203 g/mol. The van der Waals surface area contributed by atoms with Crippen molar-refractivity contribution in [3.05, 3.63) is 11.7 Å². The van der Waals surface area contributed by atoms with Crippen LogP contribution in [-0.4, -0.2) is 28.0 Å². The lowest BCUT2D eigenvalue weighted by Crippen LogP contribution is -2.16. The molecule has 0 fully saturated rings. The molecule has 1 rings (SSSR count).